The second-order valence-corrected chi connectivity index (χ2v) is 5.78. The maximum absolute atomic E-state index is 11.8. The van der Waals surface area contributed by atoms with Crippen molar-refractivity contribution in [3.8, 4) is 0 Å². The van der Waals surface area contributed by atoms with Gasteiger partial charge in [0.1, 0.15) is 0 Å². The summed E-state index contributed by atoms with van der Waals surface area (Å²) in [5.41, 5.74) is 1.18. The molecule has 6 heteroatoms. The van der Waals surface area contributed by atoms with Crippen molar-refractivity contribution in [2.45, 2.75) is 6.54 Å². The third-order valence-corrected chi connectivity index (χ3v) is 3.69. The fourth-order valence-electron chi connectivity index (χ4n) is 1.72. The molecule has 0 saturated heterocycles. The van der Waals surface area contributed by atoms with Crippen LogP contribution in [0.4, 0.5) is 0 Å². The molecule has 1 amide bonds. The third kappa shape index (κ3) is 4.86. The average Bonchev–Trinajstić information content (AvgIpc) is 2.52. The minimum atomic E-state index is -0.547. The second kappa shape index (κ2) is 7.96. The minimum absolute atomic E-state index is 0.285. The summed E-state index contributed by atoms with van der Waals surface area (Å²) in [7, 11) is 0. The summed E-state index contributed by atoms with van der Waals surface area (Å²) < 4.78 is 5.73. The van der Waals surface area contributed by atoms with E-state index < -0.39 is 5.97 Å². The molecule has 0 aliphatic heterocycles. The Hall–Kier alpha value is -1.85. The average molecular weight is 383 g/mol. The van der Waals surface area contributed by atoms with Gasteiger partial charge in [0, 0.05) is 16.0 Å². The molecule has 2 rings (SSSR count). The largest absolute Gasteiger partial charge is 0.452 e. The van der Waals surface area contributed by atoms with Gasteiger partial charge in [0.2, 0.25) is 0 Å². The zero-order valence-electron chi connectivity index (χ0n) is 11.5. The summed E-state index contributed by atoms with van der Waals surface area (Å²) in [4.78, 5) is 23.5. The summed E-state index contributed by atoms with van der Waals surface area (Å²) in [6.07, 6.45) is 0. The number of hydrogen-bond donors (Lipinski definition) is 1. The molecule has 4 nitrogen and oxygen atoms in total. The molecule has 2 aromatic rings. The van der Waals surface area contributed by atoms with Gasteiger partial charge >= 0.3 is 5.97 Å². The summed E-state index contributed by atoms with van der Waals surface area (Å²) in [5, 5.41) is 3.23. The van der Waals surface area contributed by atoms with Crippen LogP contribution in [0.2, 0.25) is 5.02 Å². The first-order valence-corrected chi connectivity index (χ1v) is 7.66. The molecule has 1 N–H and O–H groups in total. The Balaban J connectivity index is 1.81. The Bertz CT molecular complexity index is 691. The van der Waals surface area contributed by atoms with Crippen molar-refractivity contribution < 1.29 is 14.3 Å². The van der Waals surface area contributed by atoms with Crippen molar-refractivity contribution in [1.29, 1.82) is 0 Å². The van der Waals surface area contributed by atoms with Gasteiger partial charge in [-0.15, -0.1) is 0 Å². The molecule has 0 bridgehead atoms. The highest BCUT2D eigenvalue weighted by atomic mass is 79.9. The molecule has 0 heterocycles. The van der Waals surface area contributed by atoms with Crippen molar-refractivity contribution >= 4 is 39.4 Å². The van der Waals surface area contributed by atoms with Crippen LogP contribution in [0.5, 0.6) is 0 Å². The van der Waals surface area contributed by atoms with Crippen LogP contribution in [0.15, 0.2) is 53.0 Å². The number of ether oxygens (including phenoxy) is 1. The number of benzene rings is 2. The Morgan fingerprint density at radius 2 is 1.91 bits per heavy atom. The van der Waals surface area contributed by atoms with Crippen LogP contribution in [0.3, 0.4) is 0 Å². The highest BCUT2D eigenvalue weighted by Gasteiger charge is 2.10. The van der Waals surface area contributed by atoms with Gasteiger partial charge in [-0.25, -0.2) is 4.79 Å². The first-order valence-electron chi connectivity index (χ1n) is 6.49. The lowest BCUT2D eigenvalue weighted by Gasteiger charge is -2.08. The standard InChI is InChI=1S/C16H13BrClNO3/c17-13-6-3-5-11(8-13)16(21)22-10-15(20)19-9-12-4-1-2-7-14(12)18/h1-8H,9-10H2,(H,19,20). The number of esters is 1. The topological polar surface area (TPSA) is 55.4 Å². The molecule has 0 saturated carbocycles. The van der Waals surface area contributed by atoms with Crippen LogP contribution in [0.1, 0.15) is 15.9 Å². The highest BCUT2D eigenvalue weighted by Crippen LogP contribution is 2.14. The van der Waals surface area contributed by atoms with E-state index >= 15 is 0 Å². The molecule has 0 aliphatic rings. The lowest BCUT2D eigenvalue weighted by atomic mass is 10.2. The van der Waals surface area contributed by atoms with Crippen LogP contribution in [-0.2, 0) is 16.1 Å². The number of nitrogens with one attached hydrogen (secondary N) is 1. The summed E-state index contributed by atoms with van der Waals surface area (Å²) >= 11 is 9.26. The van der Waals surface area contributed by atoms with Crippen LogP contribution >= 0.6 is 27.5 Å². The minimum Gasteiger partial charge on any atom is -0.452 e. The number of hydrogen-bond acceptors (Lipinski definition) is 3. The van der Waals surface area contributed by atoms with Crippen LogP contribution in [0, 0.1) is 0 Å². The smallest absolute Gasteiger partial charge is 0.338 e. The molecule has 0 unspecified atom stereocenters. The Morgan fingerprint density at radius 1 is 1.14 bits per heavy atom. The number of carbonyl (C=O) groups is 2. The molecule has 0 spiro atoms. The molecule has 0 atom stereocenters. The van der Waals surface area contributed by atoms with E-state index in [-0.39, 0.29) is 19.1 Å². The van der Waals surface area contributed by atoms with Gasteiger partial charge in [0.15, 0.2) is 6.61 Å². The molecular formula is C16H13BrClNO3. The molecule has 114 valence electrons. The van der Waals surface area contributed by atoms with E-state index in [9.17, 15) is 9.59 Å². The van der Waals surface area contributed by atoms with E-state index in [0.29, 0.717) is 10.6 Å². The summed E-state index contributed by atoms with van der Waals surface area (Å²) in [6, 6.07) is 14.0. The monoisotopic (exact) mass is 381 g/mol. The van der Waals surface area contributed by atoms with Gasteiger partial charge in [-0.3, -0.25) is 4.79 Å². The van der Waals surface area contributed by atoms with E-state index in [1.165, 1.54) is 0 Å². The molecule has 22 heavy (non-hydrogen) atoms. The molecule has 0 aliphatic carbocycles. The quantitative estimate of drug-likeness (QED) is 0.804. The van der Waals surface area contributed by atoms with Gasteiger partial charge in [0.25, 0.3) is 5.91 Å². The maximum Gasteiger partial charge on any atom is 0.338 e. The molecule has 2 aromatic carbocycles. The molecule has 0 fully saturated rings. The van der Waals surface area contributed by atoms with Gasteiger partial charge < -0.3 is 10.1 Å². The van der Waals surface area contributed by atoms with Crippen molar-refractivity contribution in [3.63, 3.8) is 0 Å². The lowest BCUT2D eigenvalue weighted by Crippen LogP contribution is -2.28. The lowest BCUT2D eigenvalue weighted by molar-refractivity contribution is -0.124. The number of halogens is 2. The Labute approximate surface area is 141 Å². The zero-order valence-corrected chi connectivity index (χ0v) is 13.9. The SMILES string of the molecule is O=C(COC(=O)c1cccc(Br)c1)NCc1ccccc1Cl. The van der Waals surface area contributed by atoms with Gasteiger partial charge in [-0.2, -0.15) is 0 Å². The normalized spacial score (nSPS) is 10.1. The van der Waals surface area contributed by atoms with Gasteiger partial charge in [-0.1, -0.05) is 51.8 Å². The molecule has 0 radical (unpaired) electrons. The Kier molecular flexibility index (Phi) is 5.98. The van der Waals surface area contributed by atoms with E-state index in [0.717, 1.165) is 10.0 Å². The van der Waals surface area contributed by atoms with Gasteiger partial charge in [0.05, 0.1) is 5.56 Å². The van der Waals surface area contributed by atoms with Crippen molar-refractivity contribution in [1.82, 2.24) is 5.32 Å². The van der Waals surface area contributed by atoms with Crippen molar-refractivity contribution in [2.24, 2.45) is 0 Å². The molecular weight excluding hydrogens is 370 g/mol. The van der Waals surface area contributed by atoms with E-state index in [1.807, 2.05) is 18.2 Å². The predicted molar refractivity (Wildman–Crippen MR) is 87.7 cm³/mol. The number of rotatable bonds is 5. The third-order valence-electron chi connectivity index (χ3n) is 2.83. The first-order chi connectivity index (χ1) is 10.6. The fraction of sp³-hybridized carbons (Fsp3) is 0.125. The zero-order chi connectivity index (χ0) is 15.9. The summed E-state index contributed by atoms with van der Waals surface area (Å²) in [6.45, 7) is -0.0528. The van der Waals surface area contributed by atoms with E-state index in [1.54, 1.807) is 30.3 Å². The second-order valence-electron chi connectivity index (χ2n) is 4.45. The van der Waals surface area contributed by atoms with Crippen molar-refractivity contribution in [2.75, 3.05) is 6.61 Å². The van der Waals surface area contributed by atoms with Crippen LogP contribution in [-0.4, -0.2) is 18.5 Å². The summed E-state index contributed by atoms with van der Waals surface area (Å²) in [5.74, 6) is -0.933. The number of carbonyl (C=O) groups excluding carboxylic acids is 2. The van der Waals surface area contributed by atoms with E-state index in [2.05, 4.69) is 21.2 Å². The van der Waals surface area contributed by atoms with Crippen LogP contribution < -0.4 is 5.32 Å². The van der Waals surface area contributed by atoms with E-state index in [4.69, 9.17) is 16.3 Å². The fourth-order valence-corrected chi connectivity index (χ4v) is 2.32. The number of amides is 1. The van der Waals surface area contributed by atoms with Crippen molar-refractivity contribution in [3.05, 3.63) is 69.2 Å². The maximum atomic E-state index is 11.8. The van der Waals surface area contributed by atoms with Crippen LogP contribution in [0.25, 0.3) is 0 Å². The predicted octanol–water partition coefficient (Wildman–Crippen LogP) is 3.58. The highest BCUT2D eigenvalue weighted by molar-refractivity contribution is 9.10. The molecule has 0 aromatic heterocycles. The van der Waals surface area contributed by atoms with Gasteiger partial charge in [-0.05, 0) is 29.8 Å². The first kappa shape index (κ1) is 16.5. The Morgan fingerprint density at radius 3 is 2.64 bits per heavy atom.